The quantitative estimate of drug-likeness (QED) is 0.575. The number of rotatable bonds is 2. The number of aryl methyl sites for hydroxylation is 2. The highest BCUT2D eigenvalue weighted by Gasteiger charge is 1.92. The summed E-state index contributed by atoms with van der Waals surface area (Å²) in [4.78, 5) is 4.04. The van der Waals surface area contributed by atoms with Crippen molar-refractivity contribution in [2.45, 2.75) is 13.5 Å². The molecule has 0 aliphatic heterocycles. The maximum Gasteiger partial charge on any atom is 0.105 e. The Kier molecular flexibility index (Phi) is 2.11. The van der Waals surface area contributed by atoms with Crippen molar-refractivity contribution in [3.05, 3.63) is 18.2 Å². The molecule has 3 heteroatoms. The van der Waals surface area contributed by atoms with Gasteiger partial charge in [0.05, 0.1) is 0 Å². The van der Waals surface area contributed by atoms with Crippen molar-refractivity contribution in [3.8, 4) is 0 Å². The molecule has 0 aromatic carbocycles. The van der Waals surface area contributed by atoms with E-state index in [9.17, 15) is 0 Å². The van der Waals surface area contributed by atoms with Gasteiger partial charge in [0.2, 0.25) is 0 Å². The van der Waals surface area contributed by atoms with Crippen LogP contribution in [0.3, 0.4) is 0 Å². The number of halogens is 1. The fourth-order valence-corrected chi connectivity index (χ4v) is 0.913. The van der Waals surface area contributed by atoms with Crippen molar-refractivity contribution in [1.82, 2.24) is 9.55 Å². The minimum absolute atomic E-state index is 0.650. The zero-order chi connectivity index (χ0) is 6.69. The van der Waals surface area contributed by atoms with Crippen LogP contribution in [0.15, 0.2) is 12.4 Å². The molecule has 1 heterocycles. The van der Waals surface area contributed by atoms with Gasteiger partial charge in [-0.05, 0) is 6.92 Å². The Balaban J connectivity index is 2.69. The Hall–Kier alpha value is -0.500. The van der Waals surface area contributed by atoms with Gasteiger partial charge in [-0.25, -0.2) is 4.98 Å². The minimum atomic E-state index is 0.650. The highest BCUT2D eigenvalue weighted by Crippen LogP contribution is 1.94. The molecule has 0 radical (unpaired) electrons. The van der Waals surface area contributed by atoms with Gasteiger partial charge in [-0.3, -0.25) is 0 Å². The Morgan fingerprint density at radius 1 is 1.78 bits per heavy atom. The molecule has 50 valence electrons. The molecule has 2 nitrogen and oxygen atoms in total. The van der Waals surface area contributed by atoms with Gasteiger partial charge in [0.1, 0.15) is 5.82 Å². The van der Waals surface area contributed by atoms with Crippen molar-refractivity contribution < 1.29 is 0 Å². The summed E-state index contributed by atoms with van der Waals surface area (Å²) in [6.07, 6.45) is 3.71. The second-order valence-electron chi connectivity index (χ2n) is 1.86. The molecule has 1 aromatic rings. The van der Waals surface area contributed by atoms with Crippen LogP contribution in [0.1, 0.15) is 5.82 Å². The summed E-state index contributed by atoms with van der Waals surface area (Å²) in [6.45, 7) is 2.82. The fraction of sp³-hybridized carbons (Fsp3) is 0.500. The molecule has 0 spiro atoms. The Labute approximate surface area is 59.5 Å². The van der Waals surface area contributed by atoms with Gasteiger partial charge in [-0.2, -0.15) is 0 Å². The molecule has 0 saturated heterocycles. The van der Waals surface area contributed by atoms with Gasteiger partial charge in [0.25, 0.3) is 0 Å². The SMILES string of the molecule is Cc1nccn1CCCl. The molecule has 0 N–H and O–H groups in total. The molecule has 1 rings (SSSR count). The van der Waals surface area contributed by atoms with Crippen LogP contribution in [0.25, 0.3) is 0 Å². The molecule has 0 aliphatic carbocycles. The number of hydrogen-bond acceptors (Lipinski definition) is 1. The average Bonchev–Trinajstić information content (AvgIpc) is 2.18. The largest absolute Gasteiger partial charge is 0.334 e. The van der Waals surface area contributed by atoms with E-state index in [4.69, 9.17) is 11.6 Å². The first-order chi connectivity index (χ1) is 4.34. The third-order valence-electron chi connectivity index (χ3n) is 1.25. The zero-order valence-electron chi connectivity index (χ0n) is 5.34. The first-order valence-corrected chi connectivity index (χ1v) is 3.41. The van der Waals surface area contributed by atoms with E-state index < -0.39 is 0 Å². The minimum Gasteiger partial charge on any atom is -0.334 e. The first kappa shape index (κ1) is 6.62. The van der Waals surface area contributed by atoms with Crippen molar-refractivity contribution in [2.24, 2.45) is 0 Å². The Morgan fingerprint density at radius 3 is 3.00 bits per heavy atom. The van der Waals surface area contributed by atoms with Crippen molar-refractivity contribution in [1.29, 1.82) is 0 Å². The van der Waals surface area contributed by atoms with Gasteiger partial charge >= 0.3 is 0 Å². The van der Waals surface area contributed by atoms with Crippen molar-refractivity contribution in [2.75, 3.05) is 5.88 Å². The van der Waals surface area contributed by atoms with E-state index >= 15 is 0 Å². The zero-order valence-corrected chi connectivity index (χ0v) is 6.10. The van der Waals surface area contributed by atoms with Crippen molar-refractivity contribution >= 4 is 11.6 Å². The van der Waals surface area contributed by atoms with Gasteiger partial charge in [-0.1, -0.05) is 0 Å². The summed E-state index contributed by atoms with van der Waals surface area (Å²) in [5, 5.41) is 0. The van der Waals surface area contributed by atoms with Crippen molar-refractivity contribution in [3.63, 3.8) is 0 Å². The second-order valence-corrected chi connectivity index (χ2v) is 2.23. The van der Waals surface area contributed by atoms with Gasteiger partial charge in [0.15, 0.2) is 0 Å². The molecule has 0 fully saturated rings. The Bertz CT molecular complexity index is 183. The highest BCUT2D eigenvalue weighted by molar-refractivity contribution is 6.17. The van der Waals surface area contributed by atoms with Crippen LogP contribution < -0.4 is 0 Å². The summed E-state index contributed by atoms with van der Waals surface area (Å²) in [6, 6.07) is 0. The van der Waals surface area contributed by atoms with E-state index in [1.807, 2.05) is 17.7 Å². The normalized spacial score (nSPS) is 10.0. The van der Waals surface area contributed by atoms with Gasteiger partial charge in [0, 0.05) is 24.8 Å². The standard InChI is InChI=1S/C6H9ClN2/c1-6-8-3-5-9(6)4-2-7/h3,5H,2,4H2,1H3. The van der Waals surface area contributed by atoms with Crippen LogP contribution in [0, 0.1) is 6.92 Å². The lowest BCUT2D eigenvalue weighted by Crippen LogP contribution is -1.99. The number of nitrogens with zero attached hydrogens (tertiary/aromatic N) is 2. The molecule has 0 aliphatic rings. The fourth-order valence-electron chi connectivity index (χ4n) is 0.731. The van der Waals surface area contributed by atoms with Crippen LogP contribution in [0.2, 0.25) is 0 Å². The summed E-state index contributed by atoms with van der Waals surface area (Å²) < 4.78 is 2.02. The maximum absolute atomic E-state index is 5.52. The molecular weight excluding hydrogens is 136 g/mol. The van der Waals surface area contributed by atoms with Crippen LogP contribution >= 0.6 is 11.6 Å². The van der Waals surface area contributed by atoms with Gasteiger partial charge in [-0.15, -0.1) is 11.6 Å². The lowest BCUT2D eigenvalue weighted by Gasteiger charge is -1.98. The molecule has 9 heavy (non-hydrogen) atoms. The lowest BCUT2D eigenvalue weighted by atomic mass is 10.6. The number of imidazole rings is 1. The lowest BCUT2D eigenvalue weighted by molar-refractivity contribution is 0.735. The molecule has 0 saturated carbocycles. The topological polar surface area (TPSA) is 17.8 Å². The second kappa shape index (κ2) is 2.87. The van der Waals surface area contributed by atoms with Crippen LogP contribution in [-0.2, 0) is 6.54 Å². The molecular formula is C6H9ClN2. The van der Waals surface area contributed by atoms with E-state index in [1.54, 1.807) is 6.20 Å². The highest BCUT2D eigenvalue weighted by atomic mass is 35.5. The summed E-state index contributed by atoms with van der Waals surface area (Å²) in [7, 11) is 0. The number of alkyl halides is 1. The van der Waals surface area contributed by atoms with Crippen LogP contribution in [0.4, 0.5) is 0 Å². The molecule has 0 bridgehead atoms. The smallest absolute Gasteiger partial charge is 0.105 e. The predicted octanol–water partition coefficient (Wildman–Crippen LogP) is 1.43. The van der Waals surface area contributed by atoms with E-state index in [0.29, 0.717) is 5.88 Å². The summed E-state index contributed by atoms with van der Waals surface area (Å²) >= 11 is 5.52. The average molecular weight is 145 g/mol. The molecule has 0 unspecified atom stereocenters. The van der Waals surface area contributed by atoms with Crippen LogP contribution in [-0.4, -0.2) is 15.4 Å². The van der Waals surface area contributed by atoms with E-state index in [1.165, 1.54) is 0 Å². The summed E-state index contributed by atoms with van der Waals surface area (Å²) in [5.41, 5.74) is 0. The number of hydrogen-bond donors (Lipinski definition) is 0. The van der Waals surface area contributed by atoms with Crippen LogP contribution in [0.5, 0.6) is 0 Å². The molecule has 1 aromatic heterocycles. The molecule has 0 amide bonds. The maximum atomic E-state index is 5.52. The third kappa shape index (κ3) is 1.45. The monoisotopic (exact) mass is 144 g/mol. The first-order valence-electron chi connectivity index (χ1n) is 2.88. The predicted molar refractivity (Wildman–Crippen MR) is 37.7 cm³/mol. The summed E-state index contributed by atoms with van der Waals surface area (Å²) in [5.74, 6) is 1.67. The Morgan fingerprint density at radius 2 is 2.56 bits per heavy atom. The number of aromatic nitrogens is 2. The molecule has 0 atom stereocenters. The third-order valence-corrected chi connectivity index (χ3v) is 1.42. The van der Waals surface area contributed by atoms with E-state index in [0.717, 1.165) is 12.4 Å². The van der Waals surface area contributed by atoms with Gasteiger partial charge < -0.3 is 4.57 Å². The van der Waals surface area contributed by atoms with E-state index in [2.05, 4.69) is 4.98 Å². The van der Waals surface area contributed by atoms with E-state index in [-0.39, 0.29) is 0 Å².